The number of carbonyl (C=O) groups is 1. The van der Waals surface area contributed by atoms with Crippen molar-refractivity contribution in [2.45, 2.75) is 20.3 Å². The van der Waals surface area contributed by atoms with Gasteiger partial charge in [0.05, 0.1) is 17.6 Å². The predicted octanol–water partition coefficient (Wildman–Crippen LogP) is 3.82. The first-order valence-electron chi connectivity index (χ1n) is 8.25. The third kappa shape index (κ3) is 4.07. The lowest BCUT2D eigenvalue weighted by molar-refractivity contribution is 0.200. The van der Waals surface area contributed by atoms with Crippen molar-refractivity contribution in [1.82, 2.24) is 15.1 Å². The van der Waals surface area contributed by atoms with Crippen LogP contribution in [0.5, 0.6) is 5.75 Å². The fourth-order valence-corrected chi connectivity index (χ4v) is 2.65. The van der Waals surface area contributed by atoms with E-state index in [0.29, 0.717) is 12.3 Å². The zero-order valence-electron chi connectivity index (χ0n) is 14.4. The van der Waals surface area contributed by atoms with Gasteiger partial charge in [-0.1, -0.05) is 42.5 Å². The van der Waals surface area contributed by atoms with E-state index in [9.17, 15) is 4.79 Å². The summed E-state index contributed by atoms with van der Waals surface area (Å²) in [5.41, 5.74) is 4.14. The second kappa shape index (κ2) is 7.66. The summed E-state index contributed by atoms with van der Waals surface area (Å²) in [5, 5.41) is 7.08. The van der Waals surface area contributed by atoms with Gasteiger partial charge in [0.25, 0.3) is 0 Å². The summed E-state index contributed by atoms with van der Waals surface area (Å²) in [7, 11) is 0. The van der Waals surface area contributed by atoms with Gasteiger partial charge in [-0.05, 0) is 43.5 Å². The van der Waals surface area contributed by atoms with Crippen molar-refractivity contribution in [1.29, 1.82) is 0 Å². The van der Waals surface area contributed by atoms with Gasteiger partial charge in [0.1, 0.15) is 0 Å². The molecule has 0 saturated heterocycles. The summed E-state index contributed by atoms with van der Waals surface area (Å²) in [5.74, 6) is 0.456. The van der Waals surface area contributed by atoms with Crippen LogP contribution in [0, 0.1) is 13.8 Å². The van der Waals surface area contributed by atoms with Gasteiger partial charge < -0.3 is 10.1 Å². The maximum Gasteiger partial charge on any atom is 0.412 e. The van der Waals surface area contributed by atoms with Gasteiger partial charge in [-0.25, -0.2) is 9.48 Å². The topological polar surface area (TPSA) is 56.1 Å². The molecule has 25 heavy (non-hydrogen) atoms. The molecule has 0 radical (unpaired) electrons. The van der Waals surface area contributed by atoms with Crippen molar-refractivity contribution in [2.75, 3.05) is 6.54 Å². The largest absolute Gasteiger partial charge is 0.412 e. The quantitative estimate of drug-likeness (QED) is 0.771. The van der Waals surface area contributed by atoms with Gasteiger partial charge >= 0.3 is 6.09 Å². The lowest BCUT2D eigenvalue weighted by atomic mass is 10.1. The fourth-order valence-electron chi connectivity index (χ4n) is 2.65. The van der Waals surface area contributed by atoms with E-state index >= 15 is 0 Å². The van der Waals surface area contributed by atoms with Crippen LogP contribution in [0.1, 0.15) is 16.8 Å². The highest BCUT2D eigenvalue weighted by Gasteiger charge is 2.12. The van der Waals surface area contributed by atoms with Crippen molar-refractivity contribution in [2.24, 2.45) is 0 Å². The second-order valence-corrected chi connectivity index (χ2v) is 5.83. The van der Waals surface area contributed by atoms with E-state index in [1.165, 1.54) is 11.1 Å². The molecule has 1 amide bonds. The van der Waals surface area contributed by atoms with E-state index in [0.717, 1.165) is 17.8 Å². The zero-order chi connectivity index (χ0) is 17.6. The molecule has 0 unspecified atom stereocenters. The maximum absolute atomic E-state index is 12.0. The van der Waals surface area contributed by atoms with Gasteiger partial charge in [-0.2, -0.15) is 5.10 Å². The van der Waals surface area contributed by atoms with E-state index in [2.05, 4.69) is 29.5 Å². The third-order valence-corrected chi connectivity index (χ3v) is 4.09. The minimum Gasteiger partial charge on any atom is -0.407 e. The van der Waals surface area contributed by atoms with Crippen LogP contribution in [0.4, 0.5) is 4.79 Å². The Hall–Kier alpha value is -3.08. The highest BCUT2D eigenvalue weighted by atomic mass is 16.6. The molecular formula is C20H21N3O2. The van der Waals surface area contributed by atoms with Crippen molar-refractivity contribution in [3.05, 3.63) is 77.6 Å². The summed E-state index contributed by atoms with van der Waals surface area (Å²) < 4.78 is 7.13. The zero-order valence-corrected chi connectivity index (χ0v) is 14.4. The number of aryl methyl sites for hydroxylation is 1. The van der Waals surface area contributed by atoms with Gasteiger partial charge in [-0.15, -0.1) is 0 Å². The van der Waals surface area contributed by atoms with Gasteiger partial charge in [-0.3, -0.25) is 0 Å². The van der Waals surface area contributed by atoms with Gasteiger partial charge in [0.15, 0.2) is 5.75 Å². The highest BCUT2D eigenvalue weighted by Crippen LogP contribution is 2.20. The molecule has 0 saturated carbocycles. The number of rotatable bonds is 5. The number of carbonyl (C=O) groups excluding carboxylic acids is 1. The van der Waals surface area contributed by atoms with Crippen molar-refractivity contribution in [3.8, 4) is 11.4 Å². The molecule has 2 aromatic carbocycles. The molecule has 1 N–H and O–H groups in total. The van der Waals surface area contributed by atoms with Gasteiger partial charge in [0, 0.05) is 6.54 Å². The predicted molar refractivity (Wildman–Crippen MR) is 97.2 cm³/mol. The summed E-state index contributed by atoms with van der Waals surface area (Å²) in [6.07, 6.45) is 1.86. The van der Waals surface area contributed by atoms with Crippen LogP contribution in [-0.2, 0) is 6.42 Å². The summed E-state index contributed by atoms with van der Waals surface area (Å²) >= 11 is 0. The molecule has 3 rings (SSSR count). The van der Waals surface area contributed by atoms with Crippen LogP contribution in [0.25, 0.3) is 5.69 Å². The van der Waals surface area contributed by atoms with Crippen LogP contribution in [0.2, 0.25) is 0 Å². The number of ether oxygens (including phenoxy) is 1. The number of nitrogens with one attached hydrogen (secondary N) is 1. The molecule has 128 valence electrons. The average Bonchev–Trinajstić information content (AvgIpc) is 2.98. The molecule has 0 atom stereocenters. The third-order valence-electron chi connectivity index (χ3n) is 4.09. The number of hydrogen-bond donors (Lipinski definition) is 1. The molecule has 0 aliphatic carbocycles. The first-order chi connectivity index (χ1) is 12.1. The van der Waals surface area contributed by atoms with Crippen LogP contribution in [-0.4, -0.2) is 22.4 Å². The molecule has 0 bridgehead atoms. The Balaban J connectivity index is 1.57. The number of benzene rings is 2. The van der Waals surface area contributed by atoms with Crippen molar-refractivity contribution < 1.29 is 9.53 Å². The van der Waals surface area contributed by atoms with Crippen LogP contribution >= 0.6 is 0 Å². The molecule has 3 aromatic rings. The Bertz CT molecular complexity index is 856. The Labute approximate surface area is 147 Å². The second-order valence-electron chi connectivity index (χ2n) is 5.83. The molecule has 1 aromatic heterocycles. The molecule has 1 heterocycles. The van der Waals surface area contributed by atoms with Crippen LogP contribution in [0.3, 0.4) is 0 Å². The maximum atomic E-state index is 12.0. The van der Waals surface area contributed by atoms with E-state index in [1.54, 1.807) is 10.9 Å². The summed E-state index contributed by atoms with van der Waals surface area (Å²) in [4.78, 5) is 12.0. The number of hydrogen-bond acceptors (Lipinski definition) is 3. The van der Waals surface area contributed by atoms with Crippen LogP contribution in [0.15, 0.2) is 60.8 Å². The van der Waals surface area contributed by atoms with Crippen LogP contribution < -0.4 is 10.1 Å². The summed E-state index contributed by atoms with van der Waals surface area (Å²) in [6, 6.07) is 17.9. The monoisotopic (exact) mass is 335 g/mol. The normalized spacial score (nSPS) is 10.5. The lowest BCUT2D eigenvalue weighted by Crippen LogP contribution is -2.29. The molecule has 5 heteroatoms. The Morgan fingerprint density at radius 3 is 2.56 bits per heavy atom. The average molecular weight is 335 g/mol. The first-order valence-corrected chi connectivity index (χ1v) is 8.25. The molecule has 5 nitrogen and oxygen atoms in total. The molecule has 0 spiro atoms. The smallest absolute Gasteiger partial charge is 0.407 e. The molecular weight excluding hydrogens is 314 g/mol. The minimum atomic E-state index is -0.468. The van der Waals surface area contributed by atoms with Crippen molar-refractivity contribution >= 4 is 6.09 Å². The lowest BCUT2D eigenvalue weighted by Gasteiger charge is -2.08. The Morgan fingerprint density at radius 1 is 1.08 bits per heavy atom. The number of aromatic nitrogens is 2. The Kier molecular flexibility index (Phi) is 5.14. The molecule has 0 aliphatic heterocycles. The molecule has 0 fully saturated rings. The van der Waals surface area contributed by atoms with Crippen molar-refractivity contribution in [3.63, 3.8) is 0 Å². The van der Waals surface area contributed by atoms with E-state index in [1.807, 2.05) is 49.4 Å². The first kappa shape index (κ1) is 16.8. The van der Waals surface area contributed by atoms with E-state index in [-0.39, 0.29) is 0 Å². The molecule has 0 aliphatic rings. The van der Waals surface area contributed by atoms with E-state index in [4.69, 9.17) is 4.74 Å². The fraction of sp³-hybridized carbons (Fsp3) is 0.200. The summed E-state index contributed by atoms with van der Waals surface area (Å²) in [6.45, 7) is 4.46. The standard InChI is InChI=1S/C20H21N3O2/c1-15-8-6-7-9-17(15)12-13-21-20(24)25-19-14-22-23(16(19)2)18-10-4-3-5-11-18/h3-11,14H,12-13H2,1-2H3,(H,21,24). The minimum absolute atomic E-state index is 0.456. The number of amides is 1. The highest BCUT2D eigenvalue weighted by molar-refractivity contribution is 5.70. The Morgan fingerprint density at radius 2 is 1.80 bits per heavy atom. The van der Waals surface area contributed by atoms with E-state index < -0.39 is 6.09 Å². The SMILES string of the molecule is Cc1ccccc1CCNC(=O)Oc1cnn(-c2ccccc2)c1C. The number of nitrogens with zero attached hydrogens (tertiary/aromatic N) is 2. The van der Waals surface area contributed by atoms with Gasteiger partial charge in [0.2, 0.25) is 0 Å². The number of para-hydroxylation sites is 1.